The predicted octanol–water partition coefficient (Wildman–Crippen LogP) is 2.27. The molecule has 0 aliphatic carbocycles. The quantitative estimate of drug-likeness (QED) is 0.765. The van der Waals surface area contributed by atoms with Crippen LogP contribution in [0.25, 0.3) is 10.9 Å². The van der Waals surface area contributed by atoms with Crippen LogP contribution in [0.15, 0.2) is 47.5 Å². The Labute approximate surface area is 145 Å². The third-order valence-corrected chi connectivity index (χ3v) is 4.82. The molecule has 0 saturated carbocycles. The number of fused-ring (bicyclic) bond motifs is 1. The van der Waals surface area contributed by atoms with Crippen molar-refractivity contribution < 1.29 is 4.74 Å². The number of ether oxygens (including phenoxy) is 1. The van der Waals surface area contributed by atoms with Crippen molar-refractivity contribution in [2.75, 3.05) is 6.61 Å². The van der Waals surface area contributed by atoms with Crippen molar-refractivity contribution in [1.82, 2.24) is 19.9 Å². The number of nitrogens with one attached hydrogen (secondary N) is 2. The Morgan fingerprint density at radius 3 is 3.12 bits per heavy atom. The van der Waals surface area contributed by atoms with E-state index in [9.17, 15) is 4.79 Å². The average molecular weight is 338 g/mol. The maximum atomic E-state index is 12.3. The topological polar surface area (TPSA) is 71.9 Å². The summed E-state index contributed by atoms with van der Waals surface area (Å²) in [5.41, 5.74) is 1.56. The number of imidazole rings is 1. The molecule has 6 nitrogen and oxygen atoms in total. The van der Waals surface area contributed by atoms with E-state index in [1.165, 1.54) is 0 Å². The number of hydrogen-bond acceptors (Lipinski definition) is 4. The molecule has 2 aromatic heterocycles. The summed E-state index contributed by atoms with van der Waals surface area (Å²) >= 11 is 0. The van der Waals surface area contributed by atoms with Gasteiger partial charge in [-0.2, -0.15) is 0 Å². The van der Waals surface area contributed by atoms with E-state index in [0.29, 0.717) is 6.54 Å². The van der Waals surface area contributed by atoms with Gasteiger partial charge in [0.05, 0.1) is 0 Å². The summed E-state index contributed by atoms with van der Waals surface area (Å²) in [5.74, 6) is 0.921. The molecule has 0 amide bonds. The van der Waals surface area contributed by atoms with Crippen LogP contribution in [0, 0.1) is 0 Å². The fourth-order valence-electron chi connectivity index (χ4n) is 3.46. The van der Waals surface area contributed by atoms with E-state index >= 15 is 0 Å². The number of aromatic amines is 1. The standard InChI is InChI=1S/C19H22N4O2/c1-23-9-8-20-18(23)17-16(7-4-10-25-17)21-12-14-11-13-5-2-3-6-15(13)22-19(14)24/h2-3,5-6,8-9,11,16-17,21H,4,7,10,12H2,1H3,(H,22,24)/t16-,17-/m0/s1. The van der Waals surface area contributed by atoms with Crippen LogP contribution in [-0.2, 0) is 18.3 Å². The molecule has 1 fully saturated rings. The van der Waals surface area contributed by atoms with Crippen molar-refractivity contribution in [1.29, 1.82) is 0 Å². The smallest absolute Gasteiger partial charge is 0.252 e. The van der Waals surface area contributed by atoms with Crippen LogP contribution in [0.4, 0.5) is 0 Å². The van der Waals surface area contributed by atoms with Crippen molar-refractivity contribution in [2.45, 2.75) is 31.5 Å². The normalized spacial score (nSPS) is 20.8. The highest BCUT2D eigenvalue weighted by molar-refractivity contribution is 5.78. The molecule has 2 N–H and O–H groups in total. The number of benzene rings is 1. The highest BCUT2D eigenvalue weighted by Gasteiger charge is 2.30. The second-order valence-electron chi connectivity index (χ2n) is 6.53. The Balaban J connectivity index is 1.54. The highest BCUT2D eigenvalue weighted by Crippen LogP contribution is 2.27. The average Bonchev–Trinajstić information content (AvgIpc) is 3.06. The number of para-hydroxylation sites is 1. The Kier molecular flexibility index (Phi) is 4.38. The van der Waals surface area contributed by atoms with Crippen LogP contribution >= 0.6 is 0 Å². The second kappa shape index (κ2) is 6.82. The highest BCUT2D eigenvalue weighted by atomic mass is 16.5. The molecular formula is C19H22N4O2. The minimum absolute atomic E-state index is 0.0449. The molecule has 2 atom stereocenters. The lowest BCUT2D eigenvalue weighted by atomic mass is 10.0. The fraction of sp³-hybridized carbons (Fsp3) is 0.368. The molecule has 1 aromatic carbocycles. The molecule has 0 unspecified atom stereocenters. The third-order valence-electron chi connectivity index (χ3n) is 4.82. The fourth-order valence-corrected chi connectivity index (χ4v) is 3.46. The van der Waals surface area contributed by atoms with Gasteiger partial charge in [0.15, 0.2) is 0 Å². The first kappa shape index (κ1) is 16.1. The van der Waals surface area contributed by atoms with Gasteiger partial charge in [0.25, 0.3) is 5.56 Å². The maximum Gasteiger partial charge on any atom is 0.252 e. The third kappa shape index (κ3) is 3.23. The number of H-pyrrole nitrogens is 1. The first-order valence-electron chi connectivity index (χ1n) is 8.65. The van der Waals surface area contributed by atoms with Crippen LogP contribution in [0.1, 0.15) is 30.3 Å². The van der Waals surface area contributed by atoms with Gasteiger partial charge in [-0.1, -0.05) is 18.2 Å². The second-order valence-corrected chi connectivity index (χ2v) is 6.53. The molecule has 0 spiro atoms. The Hall–Kier alpha value is -2.44. The summed E-state index contributed by atoms with van der Waals surface area (Å²) in [5, 5.41) is 4.55. The monoisotopic (exact) mass is 338 g/mol. The van der Waals surface area contributed by atoms with Crippen molar-refractivity contribution in [2.24, 2.45) is 7.05 Å². The van der Waals surface area contributed by atoms with Crippen LogP contribution in [-0.4, -0.2) is 27.2 Å². The van der Waals surface area contributed by atoms with E-state index in [2.05, 4.69) is 15.3 Å². The zero-order valence-corrected chi connectivity index (χ0v) is 14.2. The zero-order valence-electron chi connectivity index (χ0n) is 14.2. The molecule has 0 radical (unpaired) electrons. The van der Waals surface area contributed by atoms with Crippen LogP contribution in [0.2, 0.25) is 0 Å². The maximum absolute atomic E-state index is 12.3. The molecule has 3 heterocycles. The largest absolute Gasteiger partial charge is 0.369 e. The molecule has 130 valence electrons. The van der Waals surface area contributed by atoms with Gasteiger partial charge in [0.1, 0.15) is 11.9 Å². The number of nitrogens with zero attached hydrogens (tertiary/aromatic N) is 2. The summed E-state index contributed by atoms with van der Waals surface area (Å²) in [4.78, 5) is 19.7. The SMILES string of the molecule is Cn1ccnc1[C@H]1OCCC[C@@H]1NCc1cc2ccccc2[nH]c1=O. The Morgan fingerprint density at radius 2 is 2.28 bits per heavy atom. The van der Waals surface area contributed by atoms with Gasteiger partial charge < -0.3 is 19.6 Å². The minimum Gasteiger partial charge on any atom is -0.369 e. The van der Waals surface area contributed by atoms with Crippen molar-refractivity contribution in [3.63, 3.8) is 0 Å². The van der Waals surface area contributed by atoms with Gasteiger partial charge in [-0.3, -0.25) is 4.79 Å². The lowest BCUT2D eigenvalue weighted by Crippen LogP contribution is -2.40. The van der Waals surface area contributed by atoms with Crippen LogP contribution < -0.4 is 10.9 Å². The molecule has 0 bridgehead atoms. The molecular weight excluding hydrogens is 316 g/mol. The Bertz CT molecular complexity index is 930. The van der Waals surface area contributed by atoms with Crippen molar-refractivity contribution in [3.05, 3.63) is 64.5 Å². The number of aryl methyl sites for hydroxylation is 1. The van der Waals surface area contributed by atoms with E-state index in [1.54, 1.807) is 6.20 Å². The number of pyridine rings is 1. The van der Waals surface area contributed by atoms with Gasteiger partial charge >= 0.3 is 0 Å². The molecule has 1 aliphatic heterocycles. The van der Waals surface area contributed by atoms with Gasteiger partial charge in [0, 0.05) is 49.7 Å². The van der Waals surface area contributed by atoms with E-state index in [4.69, 9.17) is 4.74 Å². The first-order valence-corrected chi connectivity index (χ1v) is 8.65. The van der Waals surface area contributed by atoms with Crippen LogP contribution in [0.5, 0.6) is 0 Å². The van der Waals surface area contributed by atoms with Crippen molar-refractivity contribution >= 4 is 10.9 Å². The number of aromatic nitrogens is 3. The number of rotatable bonds is 4. The summed E-state index contributed by atoms with van der Waals surface area (Å²) < 4.78 is 7.97. The Morgan fingerprint density at radius 1 is 1.40 bits per heavy atom. The molecule has 1 saturated heterocycles. The van der Waals surface area contributed by atoms with E-state index < -0.39 is 0 Å². The van der Waals surface area contributed by atoms with E-state index in [0.717, 1.165) is 41.7 Å². The lowest BCUT2D eigenvalue weighted by molar-refractivity contribution is -0.0178. The minimum atomic E-state index is -0.0895. The zero-order chi connectivity index (χ0) is 17.2. The molecule has 1 aliphatic rings. The summed E-state index contributed by atoms with van der Waals surface area (Å²) in [7, 11) is 1.98. The summed E-state index contributed by atoms with van der Waals surface area (Å²) in [6.45, 7) is 1.25. The van der Waals surface area contributed by atoms with Gasteiger partial charge in [-0.15, -0.1) is 0 Å². The lowest BCUT2D eigenvalue weighted by Gasteiger charge is -2.32. The first-order chi connectivity index (χ1) is 12.2. The molecule has 3 aromatic rings. The van der Waals surface area contributed by atoms with Gasteiger partial charge in [0.2, 0.25) is 0 Å². The van der Waals surface area contributed by atoms with E-state index in [1.807, 2.05) is 48.1 Å². The number of hydrogen-bond donors (Lipinski definition) is 2. The van der Waals surface area contributed by atoms with E-state index in [-0.39, 0.29) is 17.7 Å². The summed E-state index contributed by atoms with van der Waals surface area (Å²) in [6, 6.07) is 9.92. The van der Waals surface area contributed by atoms with Gasteiger partial charge in [-0.05, 0) is 30.4 Å². The predicted molar refractivity (Wildman–Crippen MR) is 96.3 cm³/mol. The van der Waals surface area contributed by atoms with Crippen molar-refractivity contribution in [3.8, 4) is 0 Å². The molecule has 25 heavy (non-hydrogen) atoms. The van der Waals surface area contributed by atoms with Crippen LogP contribution in [0.3, 0.4) is 0 Å². The summed E-state index contributed by atoms with van der Waals surface area (Å²) in [6.07, 6.45) is 5.64. The molecule has 6 heteroatoms. The van der Waals surface area contributed by atoms with Gasteiger partial charge in [-0.25, -0.2) is 4.98 Å². The molecule has 4 rings (SSSR count).